The maximum absolute atomic E-state index is 12.4. The third-order valence-corrected chi connectivity index (χ3v) is 3.61. The molecule has 0 aromatic heterocycles. The van der Waals surface area contributed by atoms with E-state index in [0.29, 0.717) is 34.1 Å². The number of fused-ring (bicyclic) bond motifs is 1. The Bertz CT molecular complexity index is 809. The molecule has 0 atom stereocenters. The minimum absolute atomic E-state index is 0.144. The van der Waals surface area contributed by atoms with E-state index in [-0.39, 0.29) is 18.3 Å². The SMILES string of the molecule is COc1ccc(C(=O)C=C(O)c2ccc3c(c2)OCO3)c(OC)c1. The van der Waals surface area contributed by atoms with E-state index in [1.807, 2.05) is 0 Å². The van der Waals surface area contributed by atoms with Crippen molar-refractivity contribution in [3.8, 4) is 23.0 Å². The minimum Gasteiger partial charge on any atom is -0.507 e. The Hall–Kier alpha value is -3.15. The molecule has 6 nitrogen and oxygen atoms in total. The highest BCUT2D eigenvalue weighted by molar-refractivity contribution is 6.09. The Morgan fingerprint density at radius 2 is 1.88 bits per heavy atom. The summed E-state index contributed by atoms with van der Waals surface area (Å²) in [4.78, 5) is 12.4. The lowest BCUT2D eigenvalue weighted by atomic mass is 10.1. The van der Waals surface area contributed by atoms with Crippen LogP contribution in [0.15, 0.2) is 42.5 Å². The molecule has 0 radical (unpaired) electrons. The van der Waals surface area contributed by atoms with Crippen molar-refractivity contribution < 1.29 is 28.8 Å². The lowest BCUT2D eigenvalue weighted by molar-refractivity contribution is 0.104. The molecule has 0 saturated heterocycles. The van der Waals surface area contributed by atoms with E-state index in [1.54, 1.807) is 36.4 Å². The van der Waals surface area contributed by atoms with Crippen LogP contribution in [-0.4, -0.2) is 31.9 Å². The highest BCUT2D eigenvalue weighted by Crippen LogP contribution is 2.34. The summed E-state index contributed by atoms with van der Waals surface area (Å²) in [5, 5.41) is 10.2. The molecule has 6 heteroatoms. The highest BCUT2D eigenvalue weighted by atomic mass is 16.7. The van der Waals surface area contributed by atoms with E-state index < -0.39 is 0 Å². The Balaban J connectivity index is 1.89. The lowest BCUT2D eigenvalue weighted by Gasteiger charge is -2.08. The first-order valence-electron chi connectivity index (χ1n) is 7.19. The Labute approximate surface area is 138 Å². The second-order valence-electron chi connectivity index (χ2n) is 5.03. The van der Waals surface area contributed by atoms with Gasteiger partial charge in [0.05, 0.1) is 19.8 Å². The van der Waals surface area contributed by atoms with Gasteiger partial charge in [0.2, 0.25) is 6.79 Å². The van der Waals surface area contributed by atoms with Crippen LogP contribution in [0.25, 0.3) is 5.76 Å². The summed E-state index contributed by atoms with van der Waals surface area (Å²) < 4.78 is 20.8. The van der Waals surface area contributed by atoms with Crippen LogP contribution >= 0.6 is 0 Å². The van der Waals surface area contributed by atoms with Crippen molar-refractivity contribution in [3.63, 3.8) is 0 Å². The van der Waals surface area contributed by atoms with Crippen molar-refractivity contribution in [2.45, 2.75) is 0 Å². The smallest absolute Gasteiger partial charge is 0.231 e. The highest BCUT2D eigenvalue weighted by Gasteiger charge is 2.16. The average molecular weight is 328 g/mol. The van der Waals surface area contributed by atoms with Gasteiger partial charge in [-0.3, -0.25) is 4.79 Å². The maximum atomic E-state index is 12.4. The van der Waals surface area contributed by atoms with Crippen molar-refractivity contribution in [1.82, 2.24) is 0 Å². The Morgan fingerprint density at radius 1 is 1.08 bits per heavy atom. The van der Waals surface area contributed by atoms with Gasteiger partial charge in [-0.25, -0.2) is 0 Å². The minimum atomic E-state index is -0.385. The number of allylic oxidation sites excluding steroid dienone is 1. The molecular formula is C18H16O6. The number of hydrogen-bond donors (Lipinski definition) is 1. The van der Waals surface area contributed by atoms with Gasteiger partial charge in [-0.15, -0.1) is 0 Å². The molecule has 1 aliphatic heterocycles. The molecule has 1 heterocycles. The van der Waals surface area contributed by atoms with Gasteiger partial charge in [0.1, 0.15) is 17.3 Å². The summed E-state index contributed by atoms with van der Waals surface area (Å²) >= 11 is 0. The summed E-state index contributed by atoms with van der Waals surface area (Å²) in [6.45, 7) is 0.144. The second kappa shape index (κ2) is 6.54. The summed E-state index contributed by atoms with van der Waals surface area (Å²) in [5.74, 6) is 1.53. The molecule has 1 aliphatic rings. The van der Waals surface area contributed by atoms with Crippen molar-refractivity contribution in [2.75, 3.05) is 21.0 Å². The number of carbonyl (C=O) groups excluding carboxylic acids is 1. The first-order valence-corrected chi connectivity index (χ1v) is 7.19. The van der Waals surface area contributed by atoms with Crippen LogP contribution < -0.4 is 18.9 Å². The standard InChI is InChI=1S/C18H16O6/c1-21-12-4-5-13(17(8-12)22-2)15(20)9-14(19)11-3-6-16-18(7-11)24-10-23-16/h3-9,19H,10H2,1-2H3. The van der Waals surface area contributed by atoms with Gasteiger partial charge in [-0.05, 0) is 30.3 Å². The molecule has 0 amide bonds. The first kappa shape index (κ1) is 15.7. The van der Waals surface area contributed by atoms with Crippen LogP contribution in [-0.2, 0) is 0 Å². The molecule has 24 heavy (non-hydrogen) atoms. The topological polar surface area (TPSA) is 74.2 Å². The van der Waals surface area contributed by atoms with Crippen LogP contribution in [0.3, 0.4) is 0 Å². The molecule has 124 valence electrons. The van der Waals surface area contributed by atoms with Crippen molar-refractivity contribution >= 4 is 11.5 Å². The van der Waals surface area contributed by atoms with Crippen LogP contribution in [0.5, 0.6) is 23.0 Å². The zero-order chi connectivity index (χ0) is 17.1. The second-order valence-corrected chi connectivity index (χ2v) is 5.03. The molecule has 2 aromatic carbocycles. The van der Waals surface area contributed by atoms with Gasteiger partial charge in [-0.2, -0.15) is 0 Å². The van der Waals surface area contributed by atoms with Crippen LogP contribution in [0.2, 0.25) is 0 Å². The van der Waals surface area contributed by atoms with Gasteiger partial charge in [0.25, 0.3) is 0 Å². The van der Waals surface area contributed by atoms with Crippen molar-refractivity contribution in [2.24, 2.45) is 0 Å². The normalized spacial score (nSPS) is 12.8. The summed E-state index contributed by atoms with van der Waals surface area (Å²) in [6.07, 6.45) is 1.14. The number of benzene rings is 2. The van der Waals surface area contributed by atoms with Gasteiger partial charge >= 0.3 is 0 Å². The number of aliphatic hydroxyl groups excluding tert-OH is 1. The number of methoxy groups -OCH3 is 2. The molecule has 0 fully saturated rings. The van der Waals surface area contributed by atoms with E-state index in [2.05, 4.69) is 0 Å². The van der Waals surface area contributed by atoms with E-state index in [1.165, 1.54) is 14.2 Å². The van der Waals surface area contributed by atoms with E-state index in [9.17, 15) is 9.90 Å². The molecule has 0 saturated carbocycles. The van der Waals surface area contributed by atoms with Crippen molar-refractivity contribution in [3.05, 3.63) is 53.6 Å². The maximum Gasteiger partial charge on any atom is 0.231 e. The third-order valence-electron chi connectivity index (χ3n) is 3.61. The predicted octanol–water partition coefficient (Wildman–Crippen LogP) is 3.21. The fourth-order valence-electron chi connectivity index (χ4n) is 2.34. The zero-order valence-electron chi connectivity index (χ0n) is 13.2. The summed E-state index contributed by atoms with van der Waals surface area (Å²) in [6, 6.07) is 9.80. The molecule has 1 N–H and O–H groups in total. The molecular weight excluding hydrogens is 312 g/mol. The van der Waals surface area contributed by atoms with Gasteiger partial charge in [0.15, 0.2) is 17.3 Å². The number of ether oxygens (including phenoxy) is 4. The van der Waals surface area contributed by atoms with Crippen molar-refractivity contribution in [1.29, 1.82) is 0 Å². The molecule has 0 unspecified atom stereocenters. The average Bonchev–Trinajstić information content (AvgIpc) is 3.08. The van der Waals surface area contributed by atoms with Crippen LogP contribution in [0.4, 0.5) is 0 Å². The largest absolute Gasteiger partial charge is 0.507 e. The number of ketones is 1. The van der Waals surface area contributed by atoms with Gasteiger partial charge < -0.3 is 24.1 Å². The van der Waals surface area contributed by atoms with E-state index in [4.69, 9.17) is 18.9 Å². The van der Waals surface area contributed by atoms with Gasteiger partial charge in [-0.1, -0.05) is 0 Å². The summed E-state index contributed by atoms with van der Waals surface area (Å²) in [7, 11) is 2.99. The quantitative estimate of drug-likeness (QED) is 0.516. The molecule has 2 aromatic rings. The number of hydrogen-bond acceptors (Lipinski definition) is 6. The van der Waals surface area contributed by atoms with E-state index in [0.717, 1.165) is 6.08 Å². The molecule has 0 bridgehead atoms. The fraction of sp³-hybridized carbons (Fsp3) is 0.167. The number of carbonyl (C=O) groups is 1. The molecule has 3 rings (SSSR count). The monoisotopic (exact) mass is 328 g/mol. The first-order chi connectivity index (χ1) is 11.6. The predicted molar refractivity (Wildman–Crippen MR) is 87.0 cm³/mol. The van der Waals surface area contributed by atoms with Crippen LogP contribution in [0.1, 0.15) is 15.9 Å². The van der Waals surface area contributed by atoms with E-state index >= 15 is 0 Å². The van der Waals surface area contributed by atoms with Crippen LogP contribution in [0, 0.1) is 0 Å². The third kappa shape index (κ3) is 2.99. The Morgan fingerprint density at radius 3 is 2.62 bits per heavy atom. The fourth-order valence-corrected chi connectivity index (χ4v) is 2.34. The number of rotatable bonds is 5. The lowest BCUT2D eigenvalue weighted by Crippen LogP contribution is -2.01. The number of aliphatic hydroxyl groups is 1. The zero-order valence-corrected chi connectivity index (χ0v) is 13.2. The Kier molecular flexibility index (Phi) is 4.29. The van der Waals surface area contributed by atoms with Gasteiger partial charge in [0, 0.05) is 17.7 Å². The molecule has 0 spiro atoms. The molecule has 0 aliphatic carbocycles. The summed E-state index contributed by atoms with van der Waals surface area (Å²) in [5.41, 5.74) is 0.783.